The van der Waals surface area contributed by atoms with Crippen molar-refractivity contribution in [3.8, 4) is 0 Å². The van der Waals surface area contributed by atoms with Gasteiger partial charge in [-0.1, -0.05) is 83.9 Å². The van der Waals surface area contributed by atoms with Gasteiger partial charge in [0.15, 0.2) is 0 Å². The molecule has 0 saturated heterocycles. The van der Waals surface area contributed by atoms with Crippen LogP contribution in [0.4, 0.5) is 0 Å². The van der Waals surface area contributed by atoms with Crippen LogP contribution in [0.1, 0.15) is 43.5 Å². The van der Waals surface area contributed by atoms with Crippen molar-refractivity contribution in [1.82, 2.24) is 10.6 Å². The van der Waals surface area contributed by atoms with E-state index in [9.17, 15) is 9.59 Å². The summed E-state index contributed by atoms with van der Waals surface area (Å²) in [5.74, 6) is -0.683. The van der Waals surface area contributed by atoms with Gasteiger partial charge in [-0.05, 0) is 54.6 Å². The highest BCUT2D eigenvalue weighted by atomic mass is 32.1. The average molecular weight is 467 g/mol. The Morgan fingerprint density at radius 3 is 2.21 bits per heavy atom. The molecule has 4 rings (SSSR count). The number of carbonyl (C=O) groups excluding carboxylic acids is 2. The Morgan fingerprint density at radius 2 is 1.53 bits per heavy atom. The van der Waals surface area contributed by atoms with Gasteiger partial charge in [-0.15, -0.1) is 11.3 Å². The van der Waals surface area contributed by atoms with Crippen molar-refractivity contribution in [3.05, 3.63) is 135 Å². The fourth-order valence-corrected chi connectivity index (χ4v) is 4.28. The van der Waals surface area contributed by atoms with Crippen LogP contribution in [-0.2, 0) is 4.79 Å². The van der Waals surface area contributed by atoms with Crippen molar-refractivity contribution >= 4 is 29.2 Å². The van der Waals surface area contributed by atoms with Crippen molar-refractivity contribution < 1.29 is 9.59 Å². The minimum atomic E-state index is -0.364. The zero-order valence-electron chi connectivity index (χ0n) is 19.1. The molecular formula is C29H26N2O2S. The van der Waals surface area contributed by atoms with E-state index in [2.05, 4.69) is 10.6 Å². The number of benzene rings is 3. The lowest BCUT2D eigenvalue weighted by molar-refractivity contribution is -0.118. The molecule has 1 aromatic heterocycles. The highest BCUT2D eigenvalue weighted by molar-refractivity contribution is 7.10. The van der Waals surface area contributed by atoms with E-state index in [1.807, 2.05) is 98.1 Å². The van der Waals surface area contributed by atoms with E-state index < -0.39 is 0 Å². The summed E-state index contributed by atoms with van der Waals surface area (Å²) in [6.45, 7) is 3.96. The number of carbonyl (C=O) groups is 2. The van der Waals surface area contributed by atoms with Gasteiger partial charge in [0.25, 0.3) is 11.8 Å². The van der Waals surface area contributed by atoms with E-state index in [1.165, 1.54) is 11.3 Å². The summed E-state index contributed by atoms with van der Waals surface area (Å²) in [5.41, 5.74) is 4.74. The van der Waals surface area contributed by atoms with Crippen LogP contribution in [0.2, 0.25) is 0 Å². The van der Waals surface area contributed by atoms with Crippen molar-refractivity contribution in [2.75, 3.05) is 0 Å². The van der Waals surface area contributed by atoms with E-state index in [0.717, 1.165) is 27.1 Å². The van der Waals surface area contributed by atoms with E-state index in [4.69, 9.17) is 0 Å². The molecule has 0 spiro atoms. The second-order valence-electron chi connectivity index (χ2n) is 8.12. The predicted molar refractivity (Wildman–Crippen MR) is 139 cm³/mol. The number of aryl methyl sites for hydroxylation is 2. The van der Waals surface area contributed by atoms with Gasteiger partial charge in [-0.2, -0.15) is 0 Å². The first kappa shape index (κ1) is 23.2. The van der Waals surface area contributed by atoms with Gasteiger partial charge in [-0.25, -0.2) is 0 Å². The molecule has 0 radical (unpaired) electrons. The third-order valence-corrected chi connectivity index (χ3v) is 6.24. The van der Waals surface area contributed by atoms with E-state index in [-0.39, 0.29) is 23.6 Å². The first-order chi connectivity index (χ1) is 16.5. The first-order valence-corrected chi connectivity index (χ1v) is 11.9. The standard InChI is InChI=1S/C29H26N2O2S/c1-20-13-15-23(16-14-20)27(22-9-4-3-5-10-22)31-29(33)26(19-25-12-7-17-34-25)30-28(32)24-11-6-8-21(2)18-24/h3-19,27H,1-2H3,(H,30,32)(H,31,33)/b26-19-/t27-/m0/s1. The van der Waals surface area contributed by atoms with Crippen molar-refractivity contribution in [1.29, 1.82) is 0 Å². The molecule has 0 aliphatic carbocycles. The van der Waals surface area contributed by atoms with Crippen molar-refractivity contribution in [3.63, 3.8) is 0 Å². The summed E-state index contributed by atoms with van der Waals surface area (Å²) >= 11 is 1.50. The molecule has 0 bridgehead atoms. The fraction of sp³-hybridized carbons (Fsp3) is 0.103. The van der Waals surface area contributed by atoms with Crippen LogP contribution in [0.5, 0.6) is 0 Å². The average Bonchev–Trinajstić information content (AvgIpc) is 3.36. The molecule has 0 saturated carbocycles. The molecule has 0 fully saturated rings. The second kappa shape index (κ2) is 10.8. The zero-order chi connectivity index (χ0) is 23.9. The molecule has 2 amide bonds. The maximum Gasteiger partial charge on any atom is 0.268 e. The Morgan fingerprint density at radius 1 is 0.794 bits per heavy atom. The SMILES string of the molecule is Cc1ccc([C@@H](NC(=O)/C(=C/c2cccs2)NC(=O)c2cccc(C)c2)c2ccccc2)cc1. The van der Waals surface area contributed by atoms with Gasteiger partial charge in [0.05, 0.1) is 6.04 Å². The lowest BCUT2D eigenvalue weighted by Crippen LogP contribution is -2.37. The molecule has 4 nitrogen and oxygen atoms in total. The maximum absolute atomic E-state index is 13.5. The molecular weight excluding hydrogens is 440 g/mol. The first-order valence-electron chi connectivity index (χ1n) is 11.1. The lowest BCUT2D eigenvalue weighted by atomic mass is 9.97. The van der Waals surface area contributed by atoms with E-state index in [0.29, 0.717) is 5.56 Å². The second-order valence-corrected chi connectivity index (χ2v) is 9.10. The van der Waals surface area contributed by atoms with Crippen LogP contribution in [0.3, 0.4) is 0 Å². The van der Waals surface area contributed by atoms with Gasteiger partial charge in [0.2, 0.25) is 0 Å². The molecule has 0 aliphatic heterocycles. The number of hydrogen-bond acceptors (Lipinski definition) is 3. The fourth-order valence-electron chi connectivity index (χ4n) is 3.63. The molecule has 170 valence electrons. The predicted octanol–water partition coefficient (Wildman–Crippen LogP) is 6.04. The van der Waals surface area contributed by atoms with E-state index >= 15 is 0 Å². The maximum atomic E-state index is 13.5. The molecule has 5 heteroatoms. The quantitative estimate of drug-likeness (QED) is 0.326. The van der Waals surface area contributed by atoms with Crippen LogP contribution in [0.25, 0.3) is 6.08 Å². The minimum absolute atomic E-state index is 0.196. The Hall–Kier alpha value is -3.96. The zero-order valence-corrected chi connectivity index (χ0v) is 19.9. The van der Waals surface area contributed by atoms with Crippen LogP contribution >= 0.6 is 11.3 Å². The monoisotopic (exact) mass is 466 g/mol. The largest absolute Gasteiger partial charge is 0.340 e. The molecule has 2 N–H and O–H groups in total. The molecule has 0 unspecified atom stereocenters. The number of thiophene rings is 1. The summed E-state index contributed by atoms with van der Waals surface area (Å²) in [6.07, 6.45) is 1.71. The molecule has 1 heterocycles. The van der Waals surface area contributed by atoms with Gasteiger partial charge >= 0.3 is 0 Å². The minimum Gasteiger partial charge on any atom is -0.340 e. The lowest BCUT2D eigenvalue weighted by Gasteiger charge is -2.21. The normalized spacial score (nSPS) is 12.1. The van der Waals surface area contributed by atoms with Crippen LogP contribution in [0.15, 0.2) is 102 Å². The van der Waals surface area contributed by atoms with Crippen LogP contribution < -0.4 is 10.6 Å². The Labute approximate surface area is 204 Å². The third-order valence-electron chi connectivity index (χ3n) is 5.42. The molecule has 3 aromatic carbocycles. The Balaban J connectivity index is 1.65. The summed E-state index contributed by atoms with van der Waals surface area (Å²) in [6, 6.07) is 28.6. The Kier molecular flexibility index (Phi) is 7.35. The summed E-state index contributed by atoms with van der Waals surface area (Å²) in [5, 5.41) is 7.90. The van der Waals surface area contributed by atoms with Crippen LogP contribution in [-0.4, -0.2) is 11.8 Å². The summed E-state index contributed by atoms with van der Waals surface area (Å²) < 4.78 is 0. The summed E-state index contributed by atoms with van der Waals surface area (Å²) in [7, 11) is 0. The van der Waals surface area contributed by atoms with Gasteiger partial charge < -0.3 is 10.6 Å². The number of amides is 2. The van der Waals surface area contributed by atoms with Crippen molar-refractivity contribution in [2.45, 2.75) is 19.9 Å². The Bertz CT molecular complexity index is 1290. The van der Waals surface area contributed by atoms with Crippen molar-refractivity contribution in [2.24, 2.45) is 0 Å². The number of nitrogens with one attached hydrogen (secondary N) is 2. The van der Waals surface area contributed by atoms with Gasteiger partial charge in [-0.3, -0.25) is 9.59 Å². The van der Waals surface area contributed by atoms with E-state index in [1.54, 1.807) is 18.2 Å². The molecule has 0 aliphatic rings. The smallest absolute Gasteiger partial charge is 0.268 e. The highest BCUT2D eigenvalue weighted by Gasteiger charge is 2.21. The van der Waals surface area contributed by atoms with Gasteiger partial charge in [0, 0.05) is 10.4 Å². The molecule has 1 atom stereocenters. The number of hydrogen-bond donors (Lipinski definition) is 2. The van der Waals surface area contributed by atoms with Crippen LogP contribution in [0, 0.1) is 13.8 Å². The van der Waals surface area contributed by atoms with Gasteiger partial charge in [0.1, 0.15) is 5.70 Å². The summed E-state index contributed by atoms with van der Waals surface area (Å²) in [4.78, 5) is 27.4. The third kappa shape index (κ3) is 5.88. The number of rotatable bonds is 7. The highest BCUT2D eigenvalue weighted by Crippen LogP contribution is 2.23. The molecule has 34 heavy (non-hydrogen) atoms. The molecule has 4 aromatic rings. The topological polar surface area (TPSA) is 58.2 Å².